The number of hydrogen-bond donors (Lipinski definition) is 1. The van der Waals surface area contributed by atoms with Crippen molar-refractivity contribution in [3.8, 4) is 11.8 Å². The van der Waals surface area contributed by atoms with Crippen LogP contribution < -0.4 is 4.72 Å². The molecule has 3 nitrogen and oxygen atoms in total. The Balaban J connectivity index is 2.55. The molecule has 1 heterocycles. The molecule has 0 bridgehead atoms. The Morgan fingerprint density at radius 1 is 1.57 bits per heavy atom. The third kappa shape index (κ3) is 3.14. The van der Waals surface area contributed by atoms with Crippen LogP contribution in [0.4, 0.5) is 0 Å². The average molecular weight is 229 g/mol. The number of thiophene rings is 1. The molecule has 0 aromatic carbocycles. The van der Waals surface area contributed by atoms with Crippen LogP contribution in [0.15, 0.2) is 21.7 Å². The molecule has 76 valence electrons. The predicted octanol–water partition coefficient (Wildman–Crippen LogP) is 1.44. The average Bonchev–Trinajstić information content (AvgIpc) is 2.65. The van der Waals surface area contributed by atoms with Crippen molar-refractivity contribution in [2.45, 2.75) is 17.6 Å². The Hall–Kier alpha value is -0.830. The summed E-state index contributed by atoms with van der Waals surface area (Å²) in [6, 6.07) is 3.30. The molecule has 0 aliphatic rings. The molecule has 1 N–H and O–H groups in total. The maximum atomic E-state index is 11.5. The number of hydrogen-bond acceptors (Lipinski definition) is 3. The van der Waals surface area contributed by atoms with E-state index >= 15 is 0 Å². The van der Waals surface area contributed by atoms with E-state index in [1.165, 1.54) is 11.3 Å². The fourth-order valence-corrected chi connectivity index (χ4v) is 2.93. The second-order valence-electron chi connectivity index (χ2n) is 2.51. The first kappa shape index (κ1) is 11.2. The van der Waals surface area contributed by atoms with E-state index in [1.54, 1.807) is 24.4 Å². The van der Waals surface area contributed by atoms with Gasteiger partial charge in [0.2, 0.25) is 10.0 Å². The normalized spacial score (nSPS) is 10.6. The lowest BCUT2D eigenvalue weighted by Crippen LogP contribution is -2.23. The molecular weight excluding hydrogens is 218 g/mol. The maximum absolute atomic E-state index is 11.5. The molecule has 0 aliphatic carbocycles. The van der Waals surface area contributed by atoms with Crippen molar-refractivity contribution in [3.63, 3.8) is 0 Å². The van der Waals surface area contributed by atoms with E-state index in [4.69, 9.17) is 0 Å². The lowest BCUT2D eigenvalue weighted by Gasteiger charge is -2.00. The van der Waals surface area contributed by atoms with Gasteiger partial charge in [0, 0.05) is 13.0 Å². The molecule has 0 aliphatic heterocycles. The SMILES string of the molecule is CC#CCCNS(=O)(=O)c1cccs1. The summed E-state index contributed by atoms with van der Waals surface area (Å²) in [5.74, 6) is 5.50. The Morgan fingerprint density at radius 2 is 2.36 bits per heavy atom. The van der Waals surface area contributed by atoms with Crippen LogP contribution in [-0.4, -0.2) is 15.0 Å². The fourth-order valence-electron chi connectivity index (χ4n) is 0.860. The third-order valence-corrected chi connectivity index (χ3v) is 4.34. The van der Waals surface area contributed by atoms with E-state index in [1.807, 2.05) is 0 Å². The summed E-state index contributed by atoms with van der Waals surface area (Å²) in [5, 5.41) is 1.74. The first-order valence-electron chi connectivity index (χ1n) is 4.09. The van der Waals surface area contributed by atoms with Gasteiger partial charge in [0.05, 0.1) is 0 Å². The molecule has 5 heteroatoms. The maximum Gasteiger partial charge on any atom is 0.250 e. The number of sulfonamides is 1. The highest BCUT2D eigenvalue weighted by atomic mass is 32.2. The number of rotatable bonds is 4. The monoisotopic (exact) mass is 229 g/mol. The zero-order valence-corrected chi connectivity index (χ0v) is 9.41. The molecule has 0 radical (unpaired) electrons. The van der Waals surface area contributed by atoms with Crippen molar-refractivity contribution in [2.75, 3.05) is 6.54 Å². The van der Waals surface area contributed by atoms with Crippen molar-refractivity contribution in [1.29, 1.82) is 0 Å². The van der Waals surface area contributed by atoms with Crippen molar-refractivity contribution < 1.29 is 8.42 Å². The van der Waals surface area contributed by atoms with Crippen molar-refractivity contribution in [2.24, 2.45) is 0 Å². The summed E-state index contributed by atoms with van der Waals surface area (Å²) < 4.78 is 25.8. The zero-order valence-electron chi connectivity index (χ0n) is 7.78. The van der Waals surface area contributed by atoms with Crippen LogP contribution in [0.1, 0.15) is 13.3 Å². The van der Waals surface area contributed by atoms with Gasteiger partial charge in [-0.3, -0.25) is 0 Å². The minimum Gasteiger partial charge on any atom is -0.209 e. The number of nitrogens with one attached hydrogen (secondary N) is 1. The molecule has 0 saturated carbocycles. The smallest absolute Gasteiger partial charge is 0.209 e. The van der Waals surface area contributed by atoms with Gasteiger partial charge >= 0.3 is 0 Å². The molecule has 0 spiro atoms. The van der Waals surface area contributed by atoms with E-state index in [0.717, 1.165) is 0 Å². The Labute approximate surface area is 88.2 Å². The van der Waals surface area contributed by atoms with Gasteiger partial charge in [-0.1, -0.05) is 6.07 Å². The molecule has 0 amide bonds. The third-order valence-electron chi connectivity index (χ3n) is 1.48. The van der Waals surface area contributed by atoms with Gasteiger partial charge in [-0.2, -0.15) is 0 Å². The summed E-state index contributed by atoms with van der Waals surface area (Å²) in [7, 11) is -3.30. The second kappa shape index (κ2) is 5.15. The molecule has 0 atom stereocenters. The first-order valence-corrected chi connectivity index (χ1v) is 6.46. The molecular formula is C9H11NO2S2. The summed E-state index contributed by atoms with van der Waals surface area (Å²) >= 11 is 1.21. The largest absolute Gasteiger partial charge is 0.250 e. The van der Waals surface area contributed by atoms with Crippen LogP contribution in [0.3, 0.4) is 0 Å². The minimum atomic E-state index is -3.30. The Morgan fingerprint density at radius 3 is 2.93 bits per heavy atom. The molecule has 0 unspecified atom stereocenters. The predicted molar refractivity (Wildman–Crippen MR) is 57.6 cm³/mol. The summed E-state index contributed by atoms with van der Waals surface area (Å²) in [6.07, 6.45) is 0.543. The van der Waals surface area contributed by atoms with Crippen LogP contribution in [-0.2, 0) is 10.0 Å². The summed E-state index contributed by atoms with van der Waals surface area (Å²) in [5.41, 5.74) is 0. The lowest BCUT2D eigenvalue weighted by atomic mass is 10.4. The van der Waals surface area contributed by atoms with Gasteiger partial charge in [0.15, 0.2) is 0 Å². The highest BCUT2D eigenvalue weighted by Gasteiger charge is 2.13. The van der Waals surface area contributed by atoms with Crippen molar-refractivity contribution >= 4 is 21.4 Å². The van der Waals surface area contributed by atoms with Crippen molar-refractivity contribution in [1.82, 2.24) is 4.72 Å². The first-order chi connectivity index (χ1) is 6.67. The molecule has 1 aromatic heterocycles. The zero-order chi connectivity index (χ0) is 10.4. The van der Waals surface area contributed by atoms with Gasteiger partial charge in [-0.25, -0.2) is 13.1 Å². The van der Waals surface area contributed by atoms with Gasteiger partial charge in [-0.05, 0) is 18.4 Å². The van der Waals surface area contributed by atoms with Crippen LogP contribution in [0.25, 0.3) is 0 Å². The van der Waals surface area contributed by atoms with Gasteiger partial charge in [0.1, 0.15) is 4.21 Å². The molecule has 1 rings (SSSR count). The standard InChI is InChI=1S/C9H11NO2S2/c1-2-3-4-7-10-14(11,12)9-6-5-8-13-9/h5-6,8,10H,4,7H2,1H3. The molecule has 0 fully saturated rings. The van der Waals surface area contributed by atoms with Crippen LogP contribution in [0.5, 0.6) is 0 Å². The Bertz CT molecular complexity index is 423. The Kier molecular flexibility index (Phi) is 4.14. The summed E-state index contributed by atoms with van der Waals surface area (Å²) in [4.78, 5) is 0. The fraction of sp³-hybridized carbons (Fsp3) is 0.333. The molecule has 14 heavy (non-hydrogen) atoms. The van der Waals surface area contributed by atoms with Crippen LogP contribution in [0.2, 0.25) is 0 Å². The lowest BCUT2D eigenvalue weighted by molar-refractivity contribution is 0.584. The van der Waals surface area contributed by atoms with E-state index < -0.39 is 10.0 Å². The van der Waals surface area contributed by atoms with E-state index in [2.05, 4.69) is 16.6 Å². The van der Waals surface area contributed by atoms with Crippen molar-refractivity contribution in [3.05, 3.63) is 17.5 Å². The van der Waals surface area contributed by atoms with E-state index in [0.29, 0.717) is 17.2 Å². The van der Waals surface area contributed by atoms with E-state index in [9.17, 15) is 8.42 Å². The quantitative estimate of drug-likeness (QED) is 0.627. The van der Waals surface area contributed by atoms with Gasteiger partial charge < -0.3 is 0 Å². The van der Waals surface area contributed by atoms with E-state index in [-0.39, 0.29) is 0 Å². The van der Waals surface area contributed by atoms with Crippen LogP contribution in [0, 0.1) is 11.8 Å². The molecule has 0 saturated heterocycles. The van der Waals surface area contributed by atoms with Crippen LogP contribution >= 0.6 is 11.3 Å². The highest BCUT2D eigenvalue weighted by Crippen LogP contribution is 2.14. The topological polar surface area (TPSA) is 46.2 Å². The highest BCUT2D eigenvalue weighted by molar-refractivity contribution is 7.91. The molecule has 1 aromatic rings. The minimum absolute atomic E-state index is 0.349. The van der Waals surface area contributed by atoms with Gasteiger partial charge in [0.25, 0.3) is 0 Å². The second-order valence-corrected chi connectivity index (χ2v) is 5.45. The van der Waals surface area contributed by atoms with Gasteiger partial charge in [-0.15, -0.1) is 23.2 Å². The summed E-state index contributed by atoms with van der Waals surface area (Å²) in [6.45, 7) is 2.09.